The molecule has 0 amide bonds. The van der Waals surface area contributed by atoms with Crippen LogP contribution in [0.3, 0.4) is 0 Å². The Kier molecular flexibility index (Phi) is 9.21. The zero-order chi connectivity index (χ0) is 18.8. The highest BCUT2D eigenvalue weighted by atomic mass is 16.5. The zero-order valence-electron chi connectivity index (χ0n) is 16.6. The van der Waals surface area contributed by atoms with Gasteiger partial charge in [0.1, 0.15) is 12.2 Å². The molecular weight excluding hydrogens is 328 g/mol. The molecule has 0 saturated heterocycles. The Hall–Kier alpha value is -1.32. The summed E-state index contributed by atoms with van der Waals surface area (Å²) in [4.78, 5) is 23.9. The molecule has 0 bridgehead atoms. The molecule has 2 fully saturated rings. The van der Waals surface area contributed by atoms with Crippen LogP contribution in [0.2, 0.25) is 0 Å². The van der Waals surface area contributed by atoms with Gasteiger partial charge in [0.15, 0.2) is 0 Å². The van der Waals surface area contributed by atoms with E-state index in [0.717, 1.165) is 44.4 Å². The summed E-state index contributed by atoms with van der Waals surface area (Å²) in [6.45, 7) is 4.04. The molecule has 148 valence electrons. The van der Waals surface area contributed by atoms with Crippen molar-refractivity contribution < 1.29 is 19.1 Å². The van der Waals surface area contributed by atoms with Crippen molar-refractivity contribution >= 4 is 11.9 Å². The average molecular weight is 365 g/mol. The lowest BCUT2D eigenvalue weighted by molar-refractivity contribution is -0.158. The molecule has 4 heteroatoms. The molecule has 2 aliphatic rings. The maximum absolute atomic E-state index is 12.4. The van der Waals surface area contributed by atoms with Gasteiger partial charge in [-0.15, -0.1) is 0 Å². The third kappa shape index (κ3) is 7.13. The van der Waals surface area contributed by atoms with E-state index in [1.165, 1.54) is 44.6 Å². The van der Waals surface area contributed by atoms with E-state index in [4.69, 9.17) is 9.47 Å². The summed E-state index contributed by atoms with van der Waals surface area (Å²) >= 11 is 0. The van der Waals surface area contributed by atoms with Crippen LogP contribution >= 0.6 is 0 Å². The Morgan fingerprint density at radius 3 is 2.12 bits per heavy atom. The Morgan fingerprint density at radius 1 is 0.885 bits per heavy atom. The molecule has 0 aromatic rings. The van der Waals surface area contributed by atoms with Gasteiger partial charge in [0.2, 0.25) is 0 Å². The summed E-state index contributed by atoms with van der Waals surface area (Å²) in [7, 11) is 0. The first-order valence-corrected chi connectivity index (χ1v) is 10.7. The quantitative estimate of drug-likeness (QED) is 0.331. The summed E-state index contributed by atoms with van der Waals surface area (Å²) < 4.78 is 11.2. The summed E-state index contributed by atoms with van der Waals surface area (Å²) in [5.74, 6) is 0.500. The van der Waals surface area contributed by atoms with E-state index in [1.54, 1.807) is 13.0 Å². The van der Waals surface area contributed by atoms with Crippen molar-refractivity contribution in [2.24, 2.45) is 11.8 Å². The van der Waals surface area contributed by atoms with Crippen molar-refractivity contribution in [3.8, 4) is 0 Å². The fourth-order valence-corrected chi connectivity index (χ4v) is 4.24. The molecule has 0 radical (unpaired) electrons. The van der Waals surface area contributed by atoms with Gasteiger partial charge < -0.3 is 9.47 Å². The number of esters is 2. The molecule has 2 aliphatic carbocycles. The maximum Gasteiger partial charge on any atom is 0.330 e. The maximum atomic E-state index is 12.4. The van der Waals surface area contributed by atoms with E-state index in [2.05, 4.69) is 6.92 Å². The molecule has 0 unspecified atom stereocenters. The molecule has 0 N–H and O–H groups in total. The van der Waals surface area contributed by atoms with Gasteiger partial charge in [-0.3, -0.25) is 4.79 Å². The highest BCUT2D eigenvalue weighted by Crippen LogP contribution is 2.32. The molecule has 0 aliphatic heterocycles. The Balaban J connectivity index is 1.63. The summed E-state index contributed by atoms with van der Waals surface area (Å²) in [5, 5.41) is 0. The lowest BCUT2D eigenvalue weighted by atomic mass is 9.83. The van der Waals surface area contributed by atoms with Gasteiger partial charge in [0, 0.05) is 6.08 Å². The molecule has 0 aromatic heterocycles. The van der Waals surface area contributed by atoms with Gasteiger partial charge in [-0.1, -0.05) is 38.7 Å². The molecule has 0 atom stereocenters. The largest absolute Gasteiger partial charge is 0.462 e. The highest BCUT2D eigenvalue weighted by molar-refractivity contribution is 5.82. The van der Waals surface area contributed by atoms with Gasteiger partial charge in [-0.05, 0) is 64.2 Å². The van der Waals surface area contributed by atoms with Gasteiger partial charge >= 0.3 is 11.9 Å². The van der Waals surface area contributed by atoms with Crippen LogP contribution < -0.4 is 0 Å². The van der Waals surface area contributed by atoms with Gasteiger partial charge in [-0.25, -0.2) is 4.79 Å². The monoisotopic (exact) mass is 364 g/mol. The van der Waals surface area contributed by atoms with E-state index in [9.17, 15) is 9.59 Å². The van der Waals surface area contributed by atoms with Crippen LogP contribution in [0.4, 0.5) is 0 Å². The average Bonchev–Trinajstić information content (AvgIpc) is 2.64. The van der Waals surface area contributed by atoms with Crippen molar-refractivity contribution in [3.05, 3.63) is 12.2 Å². The first-order valence-electron chi connectivity index (χ1n) is 10.7. The summed E-state index contributed by atoms with van der Waals surface area (Å²) in [6.07, 6.45) is 16.0. The zero-order valence-corrected chi connectivity index (χ0v) is 16.6. The van der Waals surface area contributed by atoms with Gasteiger partial charge in [0.25, 0.3) is 0 Å². The molecule has 0 heterocycles. The first-order chi connectivity index (χ1) is 12.6. The van der Waals surface area contributed by atoms with E-state index in [1.807, 2.05) is 0 Å². The van der Waals surface area contributed by atoms with Crippen LogP contribution in [0, 0.1) is 11.8 Å². The van der Waals surface area contributed by atoms with E-state index in [0.29, 0.717) is 0 Å². The standard InChI is InChI=1S/C22H36O4/c1-3-5-6-8-17-9-13-20(14-10-17)26-22(24)18-11-15-19(16-12-18)25-21(23)7-4-2/h4,7,17-20H,3,5-6,8-16H2,1-2H3/b7-4+. The molecule has 2 rings (SSSR count). The lowest BCUT2D eigenvalue weighted by Gasteiger charge is -2.31. The van der Waals surface area contributed by atoms with E-state index >= 15 is 0 Å². The molecule has 0 aromatic carbocycles. The third-order valence-corrected chi connectivity index (χ3v) is 5.89. The second-order valence-corrected chi connectivity index (χ2v) is 7.99. The Bertz CT molecular complexity index is 455. The minimum Gasteiger partial charge on any atom is -0.462 e. The number of carbonyl (C=O) groups excluding carboxylic acids is 2. The van der Waals surface area contributed by atoms with E-state index in [-0.39, 0.29) is 30.1 Å². The minimum atomic E-state index is -0.283. The highest BCUT2D eigenvalue weighted by Gasteiger charge is 2.31. The number of carbonyl (C=O) groups is 2. The van der Waals surface area contributed by atoms with Crippen LogP contribution in [-0.2, 0) is 19.1 Å². The first kappa shape index (κ1) is 21.0. The summed E-state index contributed by atoms with van der Waals surface area (Å²) in [6, 6.07) is 0. The fraction of sp³-hybridized carbons (Fsp3) is 0.818. The second-order valence-electron chi connectivity index (χ2n) is 7.99. The topological polar surface area (TPSA) is 52.6 Å². The number of ether oxygens (including phenoxy) is 2. The summed E-state index contributed by atoms with van der Waals surface area (Å²) in [5.41, 5.74) is 0. The molecule has 26 heavy (non-hydrogen) atoms. The van der Waals surface area contributed by atoms with Crippen LogP contribution in [0.25, 0.3) is 0 Å². The normalized spacial score (nSPS) is 29.5. The minimum absolute atomic E-state index is 0.0195. The Labute approximate surface area is 158 Å². The lowest BCUT2D eigenvalue weighted by Crippen LogP contribution is -2.32. The van der Waals surface area contributed by atoms with Crippen LogP contribution in [-0.4, -0.2) is 24.1 Å². The fourth-order valence-electron chi connectivity index (χ4n) is 4.24. The SMILES string of the molecule is C/C=C/C(=O)OC1CCC(C(=O)OC2CCC(CCCCC)CC2)CC1. The van der Waals surface area contributed by atoms with Gasteiger partial charge in [0.05, 0.1) is 5.92 Å². The van der Waals surface area contributed by atoms with Crippen molar-refractivity contribution in [1.82, 2.24) is 0 Å². The number of rotatable bonds is 8. The van der Waals surface area contributed by atoms with Crippen LogP contribution in [0.5, 0.6) is 0 Å². The molecule has 4 nitrogen and oxygen atoms in total. The van der Waals surface area contributed by atoms with E-state index < -0.39 is 0 Å². The second kappa shape index (κ2) is 11.4. The number of hydrogen-bond acceptors (Lipinski definition) is 4. The molecule has 2 saturated carbocycles. The van der Waals surface area contributed by atoms with Crippen molar-refractivity contribution in [1.29, 1.82) is 0 Å². The van der Waals surface area contributed by atoms with Crippen molar-refractivity contribution in [2.45, 2.75) is 103 Å². The van der Waals surface area contributed by atoms with Crippen molar-refractivity contribution in [2.75, 3.05) is 0 Å². The third-order valence-electron chi connectivity index (χ3n) is 5.89. The van der Waals surface area contributed by atoms with Crippen molar-refractivity contribution in [3.63, 3.8) is 0 Å². The number of hydrogen-bond donors (Lipinski definition) is 0. The molecular formula is C22H36O4. The Morgan fingerprint density at radius 2 is 1.50 bits per heavy atom. The molecule has 0 spiro atoms. The number of allylic oxidation sites excluding steroid dienone is 1. The van der Waals surface area contributed by atoms with Gasteiger partial charge in [-0.2, -0.15) is 0 Å². The predicted molar refractivity (Wildman–Crippen MR) is 103 cm³/mol. The number of unbranched alkanes of at least 4 members (excludes halogenated alkanes) is 2. The van der Waals surface area contributed by atoms with Crippen LogP contribution in [0.15, 0.2) is 12.2 Å². The van der Waals surface area contributed by atoms with Crippen LogP contribution in [0.1, 0.15) is 90.9 Å². The predicted octanol–water partition coefficient (Wildman–Crippen LogP) is 5.35. The smallest absolute Gasteiger partial charge is 0.330 e.